The van der Waals surface area contributed by atoms with Crippen molar-refractivity contribution in [2.75, 3.05) is 26.4 Å². The molecule has 1 aromatic rings. The predicted octanol–water partition coefficient (Wildman–Crippen LogP) is 1.02. The average molecular weight is 250 g/mol. The summed E-state index contributed by atoms with van der Waals surface area (Å²) in [6.07, 6.45) is 0.322. The Hall–Kier alpha value is -1.59. The van der Waals surface area contributed by atoms with Crippen LogP contribution in [0, 0.1) is 0 Å². The van der Waals surface area contributed by atoms with Crippen LogP contribution >= 0.6 is 0 Å². The van der Waals surface area contributed by atoms with Gasteiger partial charge in [0.1, 0.15) is 31.2 Å². The third-order valence-corrected chi connectivity index (χ3v) is 2.73. The number of epoxide rings is 2. The lowest BCUT2D eigenvalue weighted by Gasteiger charge is -2.05. The van der Waals surface area contributed by atoms with Gasteiger partial charge in [0.05, 0.1) is 18.8 Å². The molecule has 96 valence electrons. The van der Waals surface area contributed by atoms with Crippen molar-refractivity contribution in [1.29, 1.82) is 0 Å². The van der Waals surface area contributed by atoms with Crippen molar-refractivity contribution in [1.82, 2.24) is 0 Å². The topological polar surface area (TPSA) is 60.6 Å². The van der Waals surface area contributed by atoms with Gasteiger partial charge in [0, 0.05) is 0 Å². The number of rotatable bonds is 6. The summed E-state index contributed by atoms with van der Waals surface area (Å²) < 4.78 is 20.6. The molecule has 1 unspecified atom stereocenters. The lowest BCUT2D eigenvalue weighted by Crippen LogP contribution is -2.10. The van der Waals surface area contributed by atoms with Crippen molar-refractivity contribution in [3.8, 4) is 5.75 Å². The summed E-state index contributed by atoms with van der Waals surface area (Å²) in [5.74, 6) is 0.398. The molecule has 2 fully saturated rings. The number of ether oxygens (including phenoxy) is 4. The number of esters is 1. The van der Waals surface area contributed by atoms with E-state index < -0.39 is 0 Å². The smallest absolute Gasteiger partial charge is 0.338 e. The van der Waals surface area contributed by atoms with Crippen LogP contribution in [0.3, 0.4) is 0 Å². The molecule has 2 aliphatic heterocycles. The van der Waals surface area contributed by atoms with E-state index in [9.17, 15) is 4.79 Å². The van der Waals surface area contributed by atoms with E-state index in [1.165, 1.54) is 0 Å². The van der Waals surface area contributed by atoms with Crippen LogP contribution in [-0.4, -0.2) is 44.6 Å². The van der Waals surface area contributed by atoms with Crippen molar-refractivity contribution in [2.45, 2.75) is 12.2 Å². The number of benzene rings is 1. The lowest BCUT2D eigenvalue weighted by molar-refractivity contribution is 0.0476. The maximum atomic E-state index is 11.6. The van der Waals surface area contributed by atoms with Gasteiger partial charge in [0.2, 0.25) is 0 Å². The summed E-state index contributed by atoms with van der Waals surface area (Å²) in [4.78, 5) is 11.6. The van der Waals surface area contributed by atoms with Gasteiger partial charge in [-0.05, 0) is 24.3 Å². The number of carbonyl (C=O) groups is 1. The van der Waals surface area contributed by atoms with Crippen LogP contribution in [0.15, 0.2) is 24.3 Å². The first-order valence-corrected chi connectivity index (χ1v) is 5.94. The maximum Gasteiger partial charge on any atom is 0.338 e. The third-order valence-electron chi connectivity index (χ3n) is 2.73. The Morgan fingerprint density at radius 1 is 1.11 bits per heavy atom. The fraction of sp³-hybridized carbons (Fsp3) is 0.462. The molecule has 5 nitrogen and oxygen atoms in total. The molecule has 0 aromatic heterocycles. The molecule has 2 atom stereocenters. The van der Waals surface area contributed by atoms with E-state index in [1.54, 1.807) is 24.3 Å². The SMILES string of the molecule is O=C(OCC1CO1)c1ccc(OC[C@H]2CO2)cc1. The largest absolute Gasteiger partial charge is 0.491 e. The molecule has 0 aliphatic carbocycles. The molecule has 0 radical (unpaired) electrons. The van der Waals surface area contributed by atoms with E-state index in [2.05, 4.69) is 0 Å². The first kappa shape index (κ1) is 11.5. The van der Waals surface area contributed by atoms with E-state index in [-0.39, 0.29) is 18.2 Å². The van der Waals surface area contributed by atoms with Crippen LogP contribution in [0.4, 0.5) is 0 Å². The monoisotopic (exact) mass is 250 g/mol. The Morgan fingerprint density at radius 3 is 2.33 bits per heavy atom. The van der Waals surface area contributed by atoms with Gasteiger partial charge in [-0.1, -0.05) is 0 Å². The van der Waals surface area contributed by atoms with E-state index in [1.807, 2.05) is 0 Å². The maximum absolute atomic E-state index is 11.6. The van der Waals surface area contributed by atoms with Gasteiger partial charge in [-0.3, -0.25) is 0 Å². The second-order valence-electron chi connectivity index (χ2n) is 4.34. The van der Waals surface area contributed by atoms with Crippen molar-refractivity contribution < 1.29 is 23.7 Å². The van der Waals surface area contributed by atoms with E-state index >= 15 is 0 Å². The minimum atomic E-state index is -0.331. The molecule has 18 heavy (non-hydrogen) atoms. The number of hydrogen-bond donors (Lipinski definition) is 0. The second-order valence-corrected chi connectivity index (χ2v) is 4.34. The molecule has 5 heteroatoms. The molecule has 0 amide bonds. The van der Waals surface area contributed by atoms with Crippen molar-refractivity contribution in [3.05, 3.63) is 29.8 Å². The Labute approximate surface area is 105 Å². The highest BCUT2D eigenvalue weighted by molar-refractivity contribution is 5.89. The molecular weight excluding hydrogens is 236 g/mol. The molecule has 1 aromatic carbocycles. The highest BCUT2D eigenvalue weighted by atomic mass is 16.6. The van der Waals surface area contributed by atoms with Crippen molar-refractivity contribution >= 4 is 5.97 Å². The normalized spacial score (nSPS) is 24.4. The Bertz CT molecular complexity index is 420. The van der Waals surface area contributed by atoms with Crippen molar-refractivity contribution in [3.63, 3.8) is 0 Å². The molecular formula is C13H14O5. The average Bonchev–Trinajstić information content (AvgIpc) is 3.29. The lowest BCUT2D eigenvalue weighted by atomic mass is 10.2. The third kappa shape index (κ3) is 3.21. The first-order valence-electron chi connectivity index (χ1n) is 5.94. The molecule has 2 heterocycles. The highest BCUT2D eigenvalue weighted by Crippen LogP contribution is 2.17. The summed E-state index contributed by atoms with van der Waals surface area (Å²) in [5, 5.41) is 0. The van der Waals surface area contributed by atoms with Crippen LogP contribution in [-0.2, 0) is 14.2 Å². The van der Waals surface area contributed by atoms with E-state index in [0.717, 1.165) is 12.4 Å². The first-order chi connectivity index (χ1) is 8.81. The van der Waals surface area contributed by atoms with Crippen LogP contribution < -0.4 is 4.74 Å². The van der Waals surface area contributed by atoms with Crippen LogP contribution in [0.1, 0.15) is 10.4 Å². The second kappa shape index (κ2) is 4.96. The predicted molar refractivity (Wildman–Crippen MR) is 61.7 cm³/mol. The molecule has 3 rings (SSSR count). The summed E-state index contributed by atoms with van der Waals surface area (Å²) in [6, 6.07) is 6.90. The van der Waals surface area contributed by atoms with E-state index in [0.29, 0.717) is 25.4 Å². The van der Waals surface area contributed by atoms with Crippen molar-refractivity contribution in [2.24, 2.45) is 0 Å². The molecule has 2 aliphatic rings. The number of hydrogen-bond acceptors (Lipinski definition) is 5. The van der Waals surface area contributed by atoms with Crippen LogP contribution in [0.5, 0.6) is 5.75 Å². The molecule has 0 bridgehead atoms. The zero-order chi connectivity index (χ0) is 12.4. The Morgan fingerprint density at radius 2 is 1.72 bits per heavy atom. The van der Waals surface area contributed by atoms with Gasteiger partial charge in [-0.15, -0.1) is 0 Å². The highest BCUT2D eigenvalue weighted by Gasteiger charge is 2.25. The fourth-order valence-corrected chi connectivity index (χ4v) is 1.46. The van der Waals surface area contributed by atoms with Gasteiger partial charge >= 0.3 is 5.97 Å². The summed E-state index contributed by atoms with van der Waals surface area (Å²) in [7, 11) is 0. The quantitative estimate of drug-likeness (QED) is 0.557. The summed E-state index contributed by atoms with van der Waals surface area (Å²) >= 11 is 0. The number of carbonyl (C=O) groups excluding carboxylic acids is 1. The zero-order valence-corrected chi connectivity index (χ0v) is 9.83. The van der Waals surface area contributed by atoms with Gasteiger partial charge < -0.3 is 18.9 Å². The van der Waals surface area contributed by atoms with Gasteiger partial charge in [0.15, 0.2) is 0 Å². The Balaban J connectivity index is 1.50. The van der Waals surface area contributed by atoms with Crippen LogP contribution in [0.25, 0.3) is 0 Å². The van der Waals surface area contributed by atoms with Gasteiger partial charge in [0.25, 0.3) is 0 Å². The molecule has 0 N–H and O–H groups in total. The molecule has 2 saturated heterocycles. The Kier molecular flexibility index (Phi) is 3.17. The zero-order valence-electron chi connectivity index (χ0n) is 9.83. The minimum Gasteiger partial charge on any atom is -0.491 e. The fourth-order valence-electron chi connectivity index (χ4n) is 1.46. The van der Waals surface area contributed by atoms with Crippen LogP contribution in [0.2, 0.25) is 0 Å². The molecule has 0 saturated carbocycles. The van der Waals surface area contributed by atoms with Gasteiger partial charge in [-0.2, -0.15) is 0 Å². The molecule has 0 spiro atoms. The standard InChI is InChI=1S/C13H14O5/c14-13(18-8-12-7-17-12)9-1-3-10(4-2-9)15-5-11-6-16-11/h1-4,11-12H,5-8H2/t11-,12?/m0/s1. The summed E-state index contributed by atoms with van der Waals surface area (Å²) in [6.45, 7) is 2.34. The summed E-state index contributed by atoms with van der Waals surface area (Å²) in [5.41, 5.74) is 0.519. The van der Waals surface area contributed by atoms with E-state index in [4.69, 9.17) is 18.9 Å². The minimum absolute atomic E-state index is 0.0927. The van der Waals surface area contributed by atoms with Gasteiger partial charge in [-0.25, -0.2) is 4.79 Å².